The first kappa shape index (κ1) is 22.0. The van der Waals surface area contributed by atoms with Crippen LogP contribution in [0.15, 0.2) is 36.5 Å². The fraction of sp³-hybridized carbons (Fsp3) is 0.333. The van der Waals surface area contributed by atoms with E-state index in [9.17, 15) is 22.4 Å². The molecule has 0 aliphatic carbocycles. The first-order valence-electron chi connectivity index (χ1n) is 8.27. The first-order chi connectivity index (χ1) is 13.3. The molecule has 0 aliphatic rings. The largest absolute Gasteiger partial charge is 0.494 e. The van der Waals surface area contributed by atoms with E-state index in [1.807, 2.05) is 6.92 Å². The molecule has 5 nitrogen and oxygen atoms in total. The third-order valence-electron chi connectivity index (χ3n) is 3.79. The number of ether oxygens (including phenoxy) is 1. The maximum Gasteiger partial charge on any atom is 0.416 e. The molecule has 152 valence electrons. The quantitative estimate of drug-likeness (QED) is 0.297. The Hall–Kier alpha value is -2.33. The summed E-state index contributed by atoms with van der Waals surface area (Å²) in [7, 11) is 1.26. The number of halogens is 4. The van der Waals surface area contributed by atoms with Crippen molar-refractivity contribution in [3.05, 3.63) is 59.2 Å². The molecule has 2 aromatic rings. The highest BCUT2D eigenvalue weighted by molar-refractivity contribution is 7.97. The van der Waals surface area contributed by atoms with Crippen LogP contribution in [0.4, 0.5) is 17.6 Å². The van der Waals surface area contributed by atoms with Crippen LogP contribution in [0.3, 0.4) is 0 Å². The standard InChI is InChI=1S/C18H19F4N3O2S/c1-3-23-10-28-25-17(26)15(12-5-4-6-14(27-2)16(12)19)13-9-11(7-8-24-13)18(20,21)22/h4-9,15,23H,3,10H2,1-2H3,(H,25,26). The lowest BCUT2D eigenvalue weighted by Gasteiger charge is -2.19. The second-order valence-electron chi connectivity index (χ2n) is 5.62. The molecular weight excluding hydrogens is 398 g/mol. The van der Waals surface area contributed by atoms with E-state index in [-0.39, 0.29) is 17.0 Å². The molecule has 1 amide bonds. The van der Waals surface area contributed by atoms with Gasteiger partial charge in [-0.15, -0.1) is 0 Å². The maximum atomic E-state index is 14.8. The van der Waals surface area contributed by atoms with Crippen molar-refractivity contribution in [2.24, 2.45) is 0 Å². The van der Waals surface area contributed by atoms with Crippen LogP contribution in [0.2, 0.25) is 0 Å². The molecule has 28 heavy (non-hydrogen) atoms. The van der Waals surface area contributed by atoms with E-state index in [1.54, 1.807) is 0 Å². The number of hydrogen-bond acceptors (Lipinski definition) is 5. The van der Waals surface area contributed by atoms with E-state index in [2.05, 4.69) is 15.0 Å². The van der Waals surface area contributed by atoms with E-state index >= 15 is 0 Å². The Kier molecular flexibility index (Phi) is 7.64. The third kappa shape index (κ3) is 5.35. The van der Waals surface area contributed by atoms with Crippen LogP contribution in [0, 0.1) is 5.82 Å². The molecule has 1 aromatic carbocycles. The maximum absolute atomic E-state index is 14.8. The molecule has 1 heterocycles. The predicted molar refractivity (Wildman–Crippen MR) is 98.3 cm³/mol. The van der Waals surface area contributed by atoms with Crippen LogP contribution in [-0.4, -0.2) is 30.4 Å². The molecule has 1 aromatic heterocycles. The van der Waals surface area contributed by atoms with Crippen molar-refractivity contribution in [2.45, 2.75) is 19.0 Å². The number of carbonyl (C=O) groups excluding carboxylic acids is 1. The Morgan fingerprint density at radius 2 is 2.07 bits per heavy atom. The van der Waals surface area contributed by atoms with Crippen molar-refractivity contribution in [1.29, 1.82) is 0 Å². The van der Waals surface area contributed by atoms with Crippen molar-refractivity contribution < 1.29 is 27.1 Å². The summed E-state index contributed by atoms with van der Waals surface area (Å²) < 4.78 is 61.5. The molecule has 10 heteroatoms. The molecule has 0 aliphatic heterocycles. The van der Waals surface area contributed by atoms with Gasteiger partial charge in [0.05, 0.1) is 24.2 Å². The van der Waals surface area contributed by atoms with Gasteiger partial charge in [-0.25, -0.2) is 4.39 Å². The third-order valence-corrected chi connectivity index (χ3v) is 4.48. The summed E-state index contributed by atoms with van der Waals surface area (Å²) in [4.78, 5) is 16.6. The lowest BCUT2D eigenvalue weighted by molar-refractivity contribution is -0.137. The number of carbonyl (C=O) groups is 1. The molecular formula is C18H19F4N3O2S. The number of hydrogen-bond donors (Lipinski definition) is 2. The molecule has 0 saturated heterocycles. The van der Waals surface area contributed by atoms with Crippen LogP contribution in [0.1, 0.15) is 29.7 Å². The van der Waals surface area contributed by atoms with Crippen LogP contribution in [0.5, 0.6) is 5.75 Å². The number of methoxy groups -OCH3 is 1. The Morgan fingerprint density at radius 3 is 2.71 bits per heavy atom. The Bertz CT molecular complexity index is 818. The summed E-state index contributed by atoms with van der Waals surface area (Å²) in [6.45, 7) is 2.55. The minimum absolute atomic E-state index is 0.123. The molecule has 2 N–H and O–H groups in total. The number of aromatic nitrogens is 1. The minimum atomic E-state index is -4.62. The number of amides is 1. The van der Waals surface area contributed by atoms with E-state index in [1.165, 1.54) is 25.3 Å². The van der Waals surface area contributed by atoms with Gasteiger partial charge >= 0.3 is 6.18 Å². The number of nitrogens with one attached hydrogen (secondary N) is 2. The van der Waals surface area contributed by atoms with Gasteiger partial charge in [-0.05, 0) is 36.7 Å². The van der Waals surface area contributed by atoms with Crippen LogP contribution in [-0.2, 0) is 11.0 Å². The van der Waals surface area contributed by atoms with E-state index in [0.717, 1.165) is 30.3 Å². The van der Waals surface area contributed by atoms with Gasteiger partial charge in [0, 0.05) is 11.8 Å². The summed E-state index contributed by atoms with van der Waals surface area (Å²) in [6, 6.07) is 5.67. The second kappa shape index (κ2) is 9.74. The van der Waals surface area contributed by atoms with Crippen LogP contribution < -0.4 is 14.8 Å². The van der Waals surface area contributed by atoms with Crippen molar-refractivity contribution in [3.63, 3.8) is 0 Å². The summed E-state index contributed by atoms with van der Waals surface area (Å²) in [5, 5.41) is 2.97. The number of pyridine rings is 1. The number of rotatable bonds is 8. The van der Waals surface area contributed by atoms with Gasteiger partial charge in [0.15, 0.2) is 11.6 Å². The summed E-state index contributed by atoms with van der Waals surface area (Å²) in [6.07, 6.45) is -3.67. The smallest absolute Gasteiger partial charge is 0.416 e. The van der Waals surface area contributed by atoms with Gasteiger partial charge in [0.1, 0.15) is 5.92 Å². The second-order valence-corrected chi connectivity index (χ2v) is 6.40. The predicted octanol–water partition coefficient (Wildman–Crippen LogP) is 3.71. The average molecular weight is 417 g/mol. The zero-order valence-electron chi connectivity index (χ0n) is 15.1. The number of alkyl halides is 3. The summed E-state index contributed by atoms with van der Waals surface area (Å²) in [5.74, 6) is -2.65. The average Bonchev–Trinajstić information content (AvgIpc) is 2.66. The lowest BCUT2D eigenvalue weighted by atomic mass is 9.93. The molecule has 0 spiro atoms. The molecule has 1 atom stereocenters. The Morgan fingerprint density at radius 1 is 1.32 bits per heavy atom. The fourth-order valence-electron chi connectivity index (χ4n) is 2.44. The van der Waals surface area contributed by atoms with Gasteiger partial charge in [-0.1, -0.05) is 19.1 Å². The van der Waals surface area contributed by atoms with Gasteiger partial charge in [0.2, 0.25) is 5.91 Å². The highest BCUT2D eigenvalue weighted by Crippen LogP contribution is 2.34. The monoisotopic (exact) mass is 417 g/mol. The van der Waals surface area contributed by atoms with Gasteiger partial charge in [-0.3, -0.25) is 14.5 Å². The summed E-state index contributed by atoms with van der Waals surface area (Å²) in [5.41, 5.74) is -1.32. The lowest BCUT2D eigenvalue weighted by Crippen LogP contribution is -2.28. The van der Waals surface area contributed by atoms with Crippen LogP contribution >= 0.6 is 11.9 Å². The van der Waals surface area contributed by atoms with E-state index in [4.69, 9.17) is 4.74 Å². The number of benzene rings is 1. The molecule has 1 unspecified atom stereocenters. The van der Waals surface area contributed by atoms with E-state index in [0.29, 0.717) is 12.4 Å². The van der Waals surface area contributed by atoms with E-state index < -0.39 is 29.4 Å². The minimum Gasteiger partial charge on any atom is -0.494 e. The SMILES string of the molecule is CCNCSNC(=O)C(c1cc(C(F)(F)F)ccn1)c1cccc(OC)c1F. The molecule has 0 radical (unpaired) electrons. The van der Waals surface area contributed by atoms with Crippen molar-refractivity contribution in [2.75, 3.05) is 19.5 Å². The topological polar surface area (TPSA) is 63.2 Å². The Balaban J connectivity index is 2.47. The zero-order chi connectivity index (χ0) is 20.7. The highest BCUT2D eigenvalue weighted by Gasteiger charge is 2.34. The molecule has 2 rings (SSSR count). The molecule has 0 fully saturated rings. The molecule has 0 bridgehead atoms. The van der Waals surface area contributed by atoms with Crippen LogP contribution in [0.25, 0.3) is 0 Å². The van der Waals surface area contributed by atoms with Crippen molar-refractivity contribution >= 4 is 17.9 Å². The highest BCUT2D eigenvalue weighted by atomic mass is 32.2. The number of nitrogens with zero attached hydrogens (tertiary/aromatic N) is 1. The first-order valence-corrected chi connectivity index (χ1v) is 9.26. The molecule has 0 saturated carbocycles. The normalized spacial score (nSPS) is 12.5. The Labute approximate surface area is 164 Å². The zero-order valence-corrected chi connectivity index (χ0v) is 16.0. The van der Waals surface area contributed by atoms with Gasteiger partial charge in [-0.2, -0.15) is 13.2 Å². The summed E-state index contributed by atoms with van der Waals surface area (Å²) >= 11 is 1.01. The fourth-order valence-corrected chi connectivity index (χ4v) is 3.08. The van der Waals surface area contributed by atoms with Gasteiger partial charge < -0.3 is 10.1 Å². The van der Waals surface area contributed by atoms with Crippen molar-refractivity contribution in [3.8, 4) is 5.75 Å². The van der Waals surface area contributed by atoms with Crippen molar-refractivity contribution in [1.82, 2.24) is 15.0 Å². The van der Waals surface area contributed by atoms with Gasteiger partial charge in [0.25, 0.3) is 0 Å².